The molecule has 1 aliphatic heterocycles. The van der Waals surface area contributed by atoms with Gasteiger partial charge in [0.15, 0.2) is 0 Å². The Kier molecular flexibility index (Phi) is 4.46. The van der Waals surface area contributed by atoms with Crippen molar-refractivity contribution in [2.75, 3.05) is 31.1 Å². The minimum absolute atomic E-state index is 0.426. The third-order valence-corrected chi connectivity index (χ3v) is 5.34. The van der Waals surface area contributed by atoms with Crippen LogP contribution in [-0.4, -0.2) is 36.0 Å². The largest absolute Gasteiger partial charge is 0.329 e. The summed E-state index contributed by atoms with van der Waals surface area (Å²) in [5.41, 5.74) is 9.19. The molecule has 1 unspecified atom stereocenters. The number of nitrogens with zero attached hydrogens (tertiary/aromatic N) is 1. The Morgan fingerprint density at radius 2 is 2.05 bits per heavy atom. The molecule has 0 spiro atoms. The highest BCUT2D eigenvalue weighted by Gasteiger charge is 2.29. The fourth-order valence-electron chi connectivity index (χ4n) is 3.13. The molecule has 19 heavy (non-hydrogen) atoms. The van der Waals surface area contributed by atoms with E-state index in [0.29, 0.717) is 6.04 Å². The zero-order valence-corrected chi connectivity index (χ0v) is 12.4. The van der Waals surface area contributed by atoms with Crippen molar-refractivity contribution in [2.45, 2.75) is 31.2 Å². The second kappa shape index (κ2) is 6.29. The lowest BCUT2D eigenvalue weighted by molar-refractivity contribution is 0.217. The number of thioether (sulfide) groups is 1. The summed E-state index contributed by atoms with van der Waals surface area (Å²) in [5, 5.41) is 0. The van der Waals surface area contributed by atoms with Crippen LogP contribution < -0.4 is 5.73 Å². The minimum Gasteiger partial charge on any atom is -0.329 e. The Morgan fingerprint density at radius 3 is 2.84 bits per heavy atom. The molecule has 2 fully saturated rings. The normalized spacial score (nSPS) is 23.0. The lowest BCUT2D eigenvalue weighted by Crippen LogP contribution is -2.35. The number of hydrogen-bond donors (Lipinski definition) is 1. The van der Waals surface area contributed by atoms with E-state index >= 15 is 0 Å². The molecule has 1 aliphatic carbocycles. The smallest absolute Gasteiger partial charge is 0.0473 e. The molecule has 1 saturated carbocycles. The van der Waals surface area contributed by atoms with E-state index in [1.54, 1.807) is 5.56 Å². The van der Waals surface area contributed by atoms with Crippen molar-refractivity contribution in [3.05, 3.63) is 35.4 Å². The van der Waals surface area contributed by atoms with Crippen LogP contribution in [0, 0.1) is 0 Å². The van der Waals surface area contributed by atoms with E-state index in [1.807, 2.05) is 0 Å². The van der Waals surface area contributed by atoms with E-state index < -0.39 is 0 Å². The van der Waals surface area contributed by atoms with E-state index in [9.17, 15) is 0 Å². The second-order valence-corrected chi connectivity index (χ2v) is 6.88. The average molecular weight is 276 g/mol. The van der Waals surface area contributed by atoms with Gasteiger partial charge in [-0.25, -0.2) is 0 Å². The van der Waals surface area contributed by atoms with Gasteiger partial charge < -0.3 is 5.73 Å². The fourth-order valence-corrected chi connectivity index (χ4v) is 4.03. The Morgan fingerprint density at radius 1 is 1.21 bits per heavy atom. The Labute approximate surface area is 120 Å². The lowest BCUT2D eigenvalue weighted by Gasteiger charge is -2.31. The van der Waals surface area contributed by atoms with Gasteiger partial charge in [0.25, 0.3) is 0 Å². The summed E-state index contributed by atoms with van der Waals surface area (Å²) in [6, 6.07) is 9.42. The second-order valence-electron chi connectivity index (χ2n) is 5.66. The Balaban J connectivity index is 1.84. The van der Waals surface area contributed by atoms with Crippen molar-refractivity contribution in [1.82, 2.24) is 4.90 Å². The molecule has 2 nitrogen and oxygen atoms in total. The standard InChI is InChI=1S/C16H24N2S/c17-12-16(18-8-3-10-19-11-9-18)15-5-2-1-4-14(15)13-6-7-13/h1-2,4-5,13,16H,3,6-12,17H2. The van der Waals surface area contributed by atoms with Gasteiger partial charge in [0.1, 0.15) is 0 Å². The van der Waals surface area contributed by atoms with Gasteiger partial charge in [-0.05, 0) is 48.6 Å². The first kappa shape index (κ1) is 13.5. The van der Waals surface area contributed by atoms with Crippen molar-refractivity contribution in [2.24, 2.45) is 5.73 Å². The molecule has 0 aromatic heterocycles. The molecule has 0 bridgehead atoms. The predicted molar refractivity (Wildman–Crippen MR) is 83.7 cm³/mol. The predicted octanol–water partition coefficient (Wildman–Crippen LogP) is 3.00. The number of nitrogens with two attached hydrogens (primary N) is 1. The zero-order chi connectivity index (χ0) is 13.1. The molecule has 3 heteroatoms. The van der Waals surface area contributed by atoms with Gasteiger partial charge in [-0.15, -0.1) is 0 Å². The van der Waals surface area contributed by atoms with Crippen molar-refractivity contribution >= 4 is 11.8 Å². The first-order valence-electron chi connectivity index (χ1n) is 7.51. The third kappa shape index (κ3) is 3.15. The maximum atomic E-state index is 6.13. The van der Waals surface area contributed by atoms with Gasteiger partial charge in [0, 0.05) is 24.9 Å². The van der Waals surface area contributed by atoms with Gasteiger partial charge in [-0.2, -0.15) is 11.8 Å². The first-order valence-corrected chi connectivity index (χ1v) is 8.66. The van der Waals surface area contributed by atoms with Gasteiger partial charge in [-0.1, -0.05) is 24.3 Å². The summed E-state index contributed by atoms with van der Waals surface area (Å²) in [7, 11) is 0. The van der Waals surface area contributed by atoms with Crippen LogP contribution in [0.1, 0.15) is 42.3 Å². The summed E-state index contributed by atoms with van der Waals surface area (Å²) in [6.45, 7) is 3.13. The number of benzene rings is 1. The summed E-state index contributed by atoms with van der Waals surface area (Å²) in [5.74, 6) is 3.37. The van der Waals surface area contributed by atoms with E-state index in [2.05, 4.69) is 40.9 Å². The van der Waals surface area contributed by atoms with E-state index in [1.165, 1.54) is 49.4 Å². The average Bonchev–Trinajstić information content (AvgIpc) is 3.28. The molecule has 3 rings (SSSR count). The Bertz CT molecular complexity index is 409. The molecule has 1 heterocycles. The quantitative estimate of drug-likeness (QED) is 0.916. The first-order chi connectivity index (χ1) is 9.40. The molecule has 1 aromatic rings. The van der Waals surface area contributed by atoms with Crippen LogP contribution in [0.5, 0.6) is 0 Å². The molecule has 0 amide bonds. The molecular weight excluding hydrogens is 252 g/mol. The molecule has 2 aliphatic rings. The van der Waals surface area contributed by atoms with Crippen molar-refractivity contribution < 1.29 is 0 Å². The zero-order valence-electron chi connectivity index (χ0n) is 11.6. The van der Waals surface area contributed by atoms with Gasteiger partial charge in [0.2, 0.25) is 0 Å². The van der Waals surface area contributed by atoms with E-state index in [0.717, 1.165) is 12.5 Å². The van der Waals surface area contributed by atoms with E-state index in [4.69, 9.17) is 5.73 Å². The Hall–Kier alpha value is -0.510. The van der Waals surface area contributed by atoms with Crippen LogP contribution >= 0.6 is 11.8 Å². The number of hydrogen-bond acceptors (Lipinski definition) is 3. The maximum absolute atomic E-state index is 6.13. The van der Waals surface area contributed by atoms with Crippen molar-refractivity contribution in [1.29, 1.82) is 0 Å². The van der Waals surface area contributed by atoms with E-state index in [-0.39, 0.29) is 0 Å². The molecule has 1 aromatic carbocycles. The molecule has 1 atom stereocenters. The summed E-state index contributed by atoms with van der Waals surface area (Å²) in [4.78, 5) is 2.61. The van der Waals surface area contributed by atoms with Crippen LogP contribution in [-0.2, 0) is 0 Å². The van der Waals surface area contributed by atoms with Crippen LogP contribution in [0.15, 0.2) is 24.3 Å². The fraction of sp³-hybridized carbons (Fsp3) is 0.625. The molecule has 104 valence electrons. The number of rotatable bonds is 4. The summed E-state index contributed by atoms with van der Waals surface area (Å²) in [6.07, 6.45) is 4.03. The summed E-state index contributed by atoms with van der Waals surface area (Å²) >= 11 is 2.08. The minimum atomic E-state index is 0.426. The van der Waals surface area contributed by atoms with Gasteiger partial charge >= 0.3 is 0 Å². The van der Waals surface area contributed by atoms with Crippen LogP contribution in [0.2, 0.25) is 0 Å². The van der Waals surface area contributed by atoms with Crippen LogP contribution in [0.4, 0.5) is 0 Å². The highest BCUT2D eigenvalue weighted by Crippen LogP contribution is 2.43. The maximum Gasteiger partial charge on any atom is 0.0473 e. The van der Waals surface area contributed by atoms with Crippen LogP contribution in [0.25, 0.3) is 0 Å². The molecular formula is C16H24N2S. The SMILES string of the molecule is NCC(c1ccccc1C1CC1)N1CCCSCC1. The van der Waals surface area contributed by atoms with Gasteiger partial charge in [0.05, 0.1) is 0 Å². The van der Waals surface area contributed by atoms with Crippen molar-refractivity contribution in [3.8, 4) is 0 Å². The summed E-state index contributed by atoms with van der Waals surface area (Å²) < 4.78 is 0. The molecule has 1 saturated heterocycles. The monoisotopic (exact) mass is 276 g/mol. The highest BCUT2D eigenvalue weighted by atomic mass is 32.2. The van der Waals surface area contributed by atoms with Crippen LogP contribution in [0.3, 0.4) is 0 Å². The molecule has 2 N–H and O–H groups in total. The van der Waals surface area contributed by atoms with Gasteiger partial charge in [-0.3, -0.25) is 4.90 Å². The highest BCUT2D eigenvalue weighted by molar-refractivity contribution is 7.99. The molecule has 0 radical (unpaired) electrons. The third-order valence-electron chi connectivity index (χ3n) is 4.29. The topological polar surface area (TPSA) is 29.3 Å². The lowest BCUT2D eigenvalue weighted by atomic mass is 9.96. The van der Waals surface area contributed by atoms with Crippen molar-refractivity contribution in [3.63, 3.8) is 0 Å².